The second-order valence-electron chi connectivity index (χ2n) is 8.82. The van der Waals surface area contributed by atoms with Crippen LogP contribution in [0.4, 0.5) is 0 Å². The van der Waals surface area contributed by atoms with Crippen molar-refractivity contribution in [3.05, 3.63) is 54.3 Å². The first-order valence-electron chi connectivity index (χ1n) is 11.0. The SMILES string of the molecule is C[C@@H](NC(=O)COC(=O)c1cc(-c2ccco2)nc2ccccc12)[C@H]1C[C@H]2CC[C@H]1C2. The molecule has 2 bridgehead atoms. The maximum Gasteiger partial charge on any atom is 0.339 e. The molecule has 0 aliphatic heterocycles. The number of carbonyl (C=O) groups excluding carboxylic acids is 2. The van der Waals surface area contributed by atoms with Crippen molar-refractivity contribution in [2.45, 2.75) is 38.6 Å². The number of furan rings is 1. The Kier molecular flexibility index (Phi) is 5.22. The lowest BCUT2D eigenvalue weighted by molar-refractivity contribution is -0.125. The van der Waals surface area contributed by atoms with Gasteiger partial charge in [0.05, 0.1) is 17.3 Å². The van der Waals surface area contributed by atoms with Gasteiger partial charge in [0.2, 0.25) is 0 Å². The lowest BCUT2D eigenvalue weighted by atomic mass is 9.84. The molecule has 160 valence electrons. The summed E-state index contributed by atoms with van der Waals surface area (Å²) in [5, 5.41) is 3.72. The molecule has 6 nitrogen and oxygen atoms in total. The summed E-state index contributed by atoms with van der Waals surface area (Å²) in [6, 6.07) is 12.7. The molecule has 0 spiro atoms. The molecule has 2 heterocycles. The number of benzene rings is 1. The van der Waals surface area contributed by atoms with Crippen LogP contribution < -0.4 is 5.32 Å². The first-order valence-corrected chi connectivity index (χ1v) is 11.0. The van der Waals surface area contributed by atoms with Crippen molar-refractivity contribution in [2.24, 2.45) is 17.8 Å². The number of carbonyl (C=O) groups is 2. The minimum Gasteiger partial charge on any atom is -0.463 e. The van der Waals surface area contributed by atoms with E-state index in [0.29, 0.717) is 33.8 Å². The van der Waals surface area contributed by atoms with Crippen LogP contribution in [-0.2, 0) is 9.53 Å². The van der Waals surface area contributed by atoms with E-state index in [1.165, 1.54) is 25.7 Å². The molecule has 1 amide bonds. The average molecular weight is 418 g/mol. The lowest BCUT2D eigenvalue weighted by Gasteiger charge is -2.28. The van der Waals surface area contributed by atoms with Crippen LogP contribution >= 0.6 is 0 Å². The highest BCUT2D eigenvalue weighted by Crippen LogP contribution is 2.49. The molecule has 2 fully saturated rings. The minimum atomic E-state index is -0.547. The number of nitrogens with one attached hydrogen (secondary N) is 1. The second kappa shape index (κ2) is 8.17. The summed E-state index contributed by atoms with van der Waals surface area (Å²) in [7, 11) is 0. The second-order valence-corrected chi connectivity index (χ2v) is 8.82. The van der Waals surface area contributed by atoms with Gasteiger partial charge in [0.25, 0.3) is 5.91 Å². The third-order valence-electron chi connectivity index (χ3n) is 6.87. The van der Waals surface area contributed by atoms with E-state index in [-0.39, 0.29) is 18.6 Å². The lowest BCUT2D eigenvalue weighted by Crippen LogP contribution is -2.42. The molecule has 31 heavy (non-hydrogen) atoms. The van der Waals surface area contributed by atoms with E-state index >= 15 is 0 Å². The van der Waals surface area contributed by atoms with E-state index in [2.05, 4.69) is 17.2 Å². The van der Waals surface area contributed by atoms with Crippen molar-refractivity contribution in [3.63, 3.8) is 0 Å². The Hall–Kier alpha value is -3.15. The van der Waals surface area contributed by atoms with Crippen LogP contribution in [0.5, 0.6) is 0 Å². The van der Waals surface area contributed by atoms with Crippen molar-refractivity contribution in [2.75, 3.05) is 6.61 Å². The molecule has 0 saturated heterocycles. The molecule has 1 N–H and O–H groups in total. The number of nitrogens with zero attached hydrogens (tertiary/aromatic N) is 1. The summed E-state index contributed by atoms with van der Waals surface area (Å²) in [5.74, 6) is 1.86. The quantitative estimate of drug-likeness (QED) is 0.592. The van der Waals surface area contributed by atoms with E-state index in [4.69, 9.17) is 9.15 Å². The topological polar surface area (TPSA) is 81.4 Å². The first kappa shape index (κ1) is 19.8. The summed E-state index contributed by atoms with van der Waals surface area (Å²) < 4.78 is 10.8. The first-order chi connectivity index (χ1) is 15.1. The number of hydrogen-bond donors (Lipinski definition) is 1. The molecule has 4 atom stereocenters. The predicted octanol–water partition coefficient (Wildman–Crippen LogP) is 4.59. The number of aromatic nitrogens is 1. The summed E-state index contributed by atoms with van der Waals surface area (Å²) >= 11 is 0. The molecule has 0 unspecified atom stereocenters. The Balaban J connectivity index is 1.27. The van der Waals surface area contributed by atoms with Crippen LogP contribution in [-0.4, -0.2) is 29.5 Å². The number of amides is 1. The van der Waals surface area contributed by atoms with Crippen LogP contribution in [0.3, 0.4) is 0 Å². The van der Waals surface area contributed by atoms with Crippen molar-refractivity contribution in [3.8, 4) is 11.5 Å². The van der Waals surface area contributed by atoms with Crippen molar-refractivity contribution in [1.82, 2.24) is 10.3 Å². The van der Waals surface area contributed by atoms with Crippen LogP contribution in [0, 0.1) is 17.8 Å². The smallest absolute Gasteiger partial charge is 0.339 e. The van der Waals surface area contributed by atoms with Crippen molar-refractivity contribution in [1.29, 1.82) is 0 Å². The van der Waals surface area contributed by atoms with Gasteiger partial charge in [-0.3, -0.25) is 4.79 Å². The Morgan fingerprint density at radius 1 is 1.19 bits per heavy atom. The fraction of sp³-hybridized carbons (Fsp3) is 0.400. The maximum absolute atomic E-state index is 12.9. The van der Waals surface area contributed by atoms with E-state index in [0.717, 1.165) is 11.8 Å². The summed E-state index contributed by atoms with van der Waals surface area (Å²) in [6.07, 6.45) is 6.67. The van der Waals surface area contributed by atoms with E-state index in [9.17, 15) is 9.59 Å². The molecular formula is C25H26N2O4. The average Bonchev–Trinajstić information content (AvgIpc) is 3.55. The van der Waals surface area contributed by atoms with Crippen molar-refractivity contribution >= 4 is 22.8 Å². The highest BCUT2D eigenvalue weighted by Gasteiger charge is 2.42. The summed E-state index contributed by atoms with van der Waals surface area (Å²) in [5.41, 5.74) is 1.58. The molecule has 2 aromatic heterocycles. The zero-order chi connectivity index (χ0) is 21.4. The monoisotopic (exact) mass is 418 g/mol. The van der Waals surface area contributed by atoms with Crippen LogP contribution in [0.1, 0.15) is 43.0 Å². The van der Waals surface area contributed by atoms with Gasteiger partial charge >= 0.3 is 5.97 Å². The Labute approximate surface area is 181 Å². The van der Waals surface area contributed by atoms with Crippen LogP contribution in [0.15, 0.2) is 53.1 Å². The number of esters is 1. The molecular weight excluding hydrogens is 392 g/mol. The van der Waals surface area contributed by atoms with Gasteiger partial charge in [-0.05, 0) is 68.2 Å². The molecule has 3 aromatic rings. The van der Waals surface area contributed by atoms with Crippen LogP contribution in [0.2, 0.25) is 0 Å². The summed E-state index contributed by atoms with van der Waals surface area (Å²) in [6.45, 7) is 1.77. The zero-order valence-electron chi connectivity index (χ0n) is 17.5. The number of para-hydroxylation sites is 1. The highest BCUT2D eigenvalue weighted by molar-refractivity contribution is 6.05. The minimum absolute atomic E-state index is 0.105. The highest BCUT2D eigenvalue weighted by atomic mass is 16.5. The van der Waals surface area contributed by atoms with Gasteiger partial charge in [0.1, 0.15) is 5.69 Å². The summed E-state index contributed by atoms with van der Waals surface area (Å²) in [4.78, 5) is 29.9. The maximum atomic E-state index is 12.9. The number of ether oxygens (including phenoxy) is 1. The van der Waals surface area contributed by atoms with Crippen molar-refractivity contribution < 1.29 is 18.7 Å². The number of fused-ring (bicyclic) bond motifs is 3. The van der Waals surface area contributed by atoms with Gasteiger partial charge in [0.15, 0.2) is 12.4 Å². The third-order valence-corrected chi connectivity index (χ3v) is 6.87. The van der Waals surface area contributed by atoms with Gasteiger partial charge in [-0.15, -0.1) is 0 Å². The predicted molar refractivity (Wildman–Crippen MR) is 116 cm³/mol. The molecule has 2 saturated carbocycles. The van der Waals surface area contributed by atoms with Gasteiger partial charge in [-0.2, -0.15) is 0 Å². The standard InChI is InChI=1S/C25H26N2O4/c1-15(19-12-16-8-9-17(19)11-16)26-24(28)14-31-25(29)20-13-22(23-7-4-10-30-23)27-21-6-3-2-5-18(20)21/h2-7,10,13,15-17,19H,8-9,11-12,14H2,1H3,(H,26,28)/t15-,16+,17+,19-/m1/s1. The van der Waals surface area contributed by atoms with E-state index in [1.807, 2.05) is 24.3 Å². The zero-order valence-corrected chi connectivity index (χ0v) is 17.5. The van der Waals surface area contributed by atoms with Gasteiger partial charge in [0, 0.05) is 11.4 Å². The van der Waals surface area contributed by atoms with Gasteiger partial charge in [-0.25, -0.2) is 9.78 Å². The van der Waals surface area contributed by atoms with Gasteiger partial charge in [-0.1, -0.05) is 24.6 Å². The Morgan fingerprint density at radius 2 is 2.06 bits per heavy atom. The largest absolute Gasteiger partial charge is 0.463 e. The third kappa shape index (κ3) is 3.94. The number of hydrogen-bond acceptors (Lipinski definition) is 5. The molecule has 2 aliphatic carbocycles. The molecule has 5 rings (SSSR count). The fourth-order valence-corrected chi connectivity index (χ4v) is 5.41. The number of pyridine rings is 1. The molecule has 2 aliphatic rings. The number of rotatable bonds is 6. The fourth-order valence-electron chi connectivity index (χ4n) is 5.41. The normalized spacial score (nSPS) is 23.1. The molecule has 1 aromatic carbocycles. The molecule has 6 heteroatoms. The Morgan fingerprint density at radius 3 is 2.81 bits per heavy atom. The molecule has 0 radical (unpaired) electrons. The Bertz CT molecular complexity index is 1110. The van der Waals surface area contributed by atoms with E-state index < -0.39 is 5.97 Å². The van der Waals surface area contributed by atoms with Crippen LogP contribution in [0.25, 0.3) is 22.4 Å². The van der Waals surface area contributed by atoms with E-state index in [1.54, 1.807) is 24.5 Å². The van der Waals surface area contributed by atoms with Gasteiger partial charge < -0.3 is 14.5 Å².